The smallest absolute Gasteiger partial charge is 0.387 e. The fraction of sp³-hybridized carbons (Fsp3) is 0.897. The first-order valence-electron chi connectivity index (χ1n) is 28.3. The third-order valence-corrected chi connectivity index (χ3v) is 25.5. The van der Waals surface area contributed by atoms with Crippen LogP contribution in [0.4, 0.5) is 0 Å². The summed E-state index contributed by atoms with van der Waals surface area (Å²) >= 11 is 0. The Kier molecular flexibility index (Phi) is 11.1. The van der Waals surface area contributed by atoms with E-state index in [-0.39, 0.29) is 66.0 Å². The summed E-state index contributed by atoms with van der Waals surface area (Å²) in [7, 11) is -4.83. The van der Waals surface area contributed by atoms with Crippen LogP contribution in [-0.4, -0.2) is 111 Å². The molecule has 6 heterocycles. The molecular formula is C58H88O13S. The maximum atomic E-state index is 13.1. The van der Waals surface area contributed by atoms with Gasteiger partial charge in [-0.2, -0.15) is 8.42 Å². The second kappa shape index (κ2) is 15.5. The van der Waals surface area contributed by atoms with Crippen molar-refractivity contribution in [2.75, 3.05) is 13.2 Å². The third kappa shape index (κ3) is 6.41. The molecule has 14 heteroatoms. The summed E-state index contributed by atoms with van der Waals surface area (Å²) < 4.78 is 68.1. The zero-order valence-electron chi connectivity index (χ0n) is 45.1. The van der Waals surface area contributed by atoms with E-state index in [4.69, 9.17) is 23.1 Å². The van der Waals surface area contributed by atoms with E-state index in [1.54, 1.807) is 0 Å². The van der Waals surface area contributed by atoms with Gasteiger partial charge >= 0.3 is 10.4 Å². The van der Waals surface area contributed by atoms with Crippen molar-refractivity contribution in [1.29, 1.82) is 0 Å². The van der Waals surface area contributed by atoms with E-state index in [2.05, 4.69) is 60.6 Å². The fourth-order valence-electron chi connectivity index (χ4n) is 21.7. The van der Waals surface area contributed by atoms with Crippen LogP contribution in [0.1, 0.15) is 172 Å². The molecule has 0 radical (unpaired) electrons. The maximum absolute atomic E-state index is 13.1. The minimum absolute atomic E-state index is 0.0242. The molecule has 10 fully saturated rings. The van der Waals surface area contributed by atoms with Crippen LogP contribution in [0.15, 0.2) is 34.4 Å². The summed E-state index contributed by atoms with van der Waals surface area (Å²) in [5.41, 5.74) is -0.587. The second-order valence-electron chi connectivity index (χ2n) is 29.0. The molecule has 14 aliphatic rings. The number of rotatable bonds is 8. The number of fused-ring (bicyclic) bond motifs is 11. The van der Waals surface area contributed by atoms with Gasteiger partial charge in [-0.3, -0.25) is 4.55 Å². The lowest BCUT2D eigenvalue weighted by molar-refractivity contribution is -0.408. The van der Waals surface area contributed by atoms with E-state index in [9.17, 15) is 38.5 Å². The van der Waals surface area contributed by atoms with Gasteiger partial charge in [0, 0.05) is 27.6 Å². The molecule has 13 nitrogen and oxygen atoms in total. The van der Waals surface area contributed by atoms with Gasteiger partial charge in [-0.05, 0) is 175 Å². The molecule has 0 aromatic heterocycles. The first-order chi connectivity index (χ1) is 33.3. The Labute approximate surface area is 429 Å². The highest BCUT2D eigenvalue weighted by Crippen LogP contribution is 2.74. The number of ether oxygens (including phenoxy) is 4. The number of allylic oxidation sites excluding steroid dienone is 1. The van der Waals surface area contributed by atoms with Gasteiger partial charge in [0.1, 0.15) is 12.2 Å². The lowest BCUT2D eigenvalue weighted by Gasteiger charge is -2.69. The first kappa shape index (κ1) is 51.5. The minimum atomic E-state index is -4.83. The van der Waals surface area contributed by atoms with Crippen LogP contribution < -0.4 is 0 Å². The van der Waals surface area contributed by atoms with Crippen LogP contribution in [-0.2, 0) is 33.5 Å². The van der Waals surface area contributed by atoms with Crippen LogP contribution in [0.5, 0.6) is 0 Å². The van der Waals surface area contributed by atoms with E-state index >= 15 is 0 Å². The average Bonchev–Trinajstić information content (AvgIpc) is 3.86. The standard InChI is InChI=1S/C58H88O13S/c1-31(35-15-16-42-52(35,10)22-19-43-55-28-45(60)57(62,68-30-55)48(3,4)41(55)20-23-56(42,43)61)12-17-46-53(11)26-33(50(7,8)71-53)24-39(69-46)32(2)36-13-14-37-34-25-40(70-72(64,65)66)47-49(5,6)58(63)44(59)27-54(47,29-67-58)38(34)18-21-51(36,37)9/h19-20,31-33,35-37,39-40,42,44-47,59-63H,12-18,21-30H2,1-11H3,(H,64,65,66)/t31-,32+,33-,35-,36-,37+,39-,40+,42-,44+,45+,46+,47+,51-,52-,53-,54+,55-,56+,57+,58+/m1/s1. The highest BCUT2D eigenvalue weighted by atomic mass is 32.3. The molecule has 0 aromatic rings. The normalized spacial score (nSPS) is 54.0. The lowest BCUT2D eigenvalue weighted by atomic mass is 9.42. The molecule has 6 saturated heterocycles. The molecule has 2 spiro atoms. The van der Waals surface area contributed by atoms with Crippen molar-refractivity contribution < 1.29 is 61.6 Å². The molecule has 14 rings (SSSR count). The predicted octanol–water partition coefficient (Wildman–Crippen LogP) is 8.52. The third-order valence-electron chi connectivity index (χ3n) is 25.0. The second-order valence-corrected chi connectivity index (χ2v) is 30.1. The molecule has 6 bridgehead atoms. The number of hydrogen-bond acceptors (Lipinski definition) is 12. The van der Waals surface area contributed by atoms with Crippen LogP contribution in [0, 0.1) is 79.8 Å². The molecule has 21 atom stereocenters. The van der Waals surface area contributed by atoms with E-state index in [1.165, 1.54) is 11.1 Å². The van der Waals surface area contributed by atoms with Crippen LogP contribution in [0.3, 0.4) is 0 Å². The summed E-state index contributed by atoms with van der Waals surface area (Å²) in [4.78, 5) is 0. The molecule has 0 aromatic carbocycles. The molecule has 6 N–H and O–H groups in total. The molecule has 0 unspecified atom stereocenters. The van der Waals surface area contributed by atoms with E-state index in [0.717, 1.165) is 81.8 Å². The molecule has 72 heavy (non-hydrogen) atoms. The molecule has 6 aliphatic heterocycles. The Bertz CT molecular complexity index is 2500. The van der Waals surface area contributed by atoms with Crippen LogP contribution >= 0.6 is 0 Å². The first-order valence-corrected chi connectivity index (χ1v) is 29.6. The van der Waals surface area contributed by atoms with Crippen LogP contribution in [0.25, 0.3) is 0 Å². The highest BCUT2D eigenvalue weighted by Gasteiger charge is 2.76. The van der Waals surface area contributed by atoms with E-state index in [0.29, 0.717) is 42.9 Å². The van der Waals surface area contributed by atoms with Gasteiger partial charge in [-0.15, -0.1) is 0 Å². The van der Waals surface area contributed by atoms with Crippen molar-refractivity contribution in [3.8, 4) is 0 Å². The minimum Gasteiger partial charge on any atom is -0.387 e. The van der Waals surface area contributed by atoms with E-state index < -0.39 is 79.1 Å². The summed E-state index contributed by atoms with van der Waals surface area (Å²) in [5.74, 6) is -2.05. The predicted molar refractivity (Wildman–Crippen MR) is 268 cm³/mol. The Hall–Kier alpha value is -1.27. The summed E-state index contributed by atoms with van der Waals surface area (Å²) in [5, 5.41) is 59.3. The Morgan fingerprint density at radius 1 is 0.806 bits per heavy atom. The van der Waals surface area contributed by atoms with Gasteiger partial charge in [-0.25, -0.2) is 4.18 Å². The maximum Gasteiger partial charge on any atom is 0.397 e. The number of aliphatic hydroxyl groups is 5. The topological polar surface area (TPSA) is 202 Å². The van der Waals surface area contributed by atoms with Gasteiger partial charge in [0.25, 0.3) is 0 Å². The largest absolute Gasteiger partial charge is 0.397 e. The van der Waals surface area contributed by atoms with Gasteiger partial charge < -0.3 is 44.5 Å². The Balaban J connectivity index is 0.788. The zero-order valence-corrected chi connectivity index (χ0v) is 45.9. The monoisotopic (exact) mass is 1020 g/mol. The summed E-state index contributed by atoms with van der Waals surface area (Å²) in [6, 6.07) is 0. The van der Waals surface area contributed by atoms with Crippen molar-refractivity contribution in [1.82, 2.24) is 0 Å². The van der Waals surface area contributed by atoms with Gasteiger partial charge in [0.05, 0.1) is 48.3 Å². The number of aliphatic hydroxyl groups excluding tert-OH is 2. The Morgan fingerprint density at radius 3 is 2.18 bits per heavy atom. The highest BCUT2D eigenvalue weighted by molar-refractivity contribution is 7.80. The van der Waals surface area contributed by atoms with Crippen molar-refractivity contribution in [2.45, 2.75) is 231 Å². The summed E-state index contributed by atoms with van der Waals surface area (Å²) in [6.07, 6.45) is 13.2. The van der Waals surface area contributed by atoms with Crippen molar-refractivity contribution in [3.63, 3.8) is 0 Å². The molecule has 8 aliphatic carbocycles. The van der Waals surface area contributed by atoms with Gasteiger partial charge in [0.15, 0.2) is 5.79 Å². The zero-order chi connectivity index (χ0) is 51.8. The fourth-order valence-corrected chi connectivity index (χ4v) is 22.2. The summed E-state index contributed by atoms with van der Waals surface area (Å²) in [6.45, 7) is 24.6. The average molecular weight is 1030 g/mol. The van der Waals surface area contributed by atoms with Gasteiger partial charge in [-0.1, -0.05) is 84.3 Å². The SMILES string of the molecule is C[C@@H]([C@H]1CC[C@H]2C3=C(CC[C@]12C)[C@@]12CO[C@@](O)([C@@H](O)C1)C(C)(C)[C@@H]2[C@@H](OS(=O)(=O)O)C3)[C@H]1C[C@@H]2C[C@@](C)(OC2(C)C)[C@H](CC[C@@H](C)[C@H]2CC[C@@H]3[C@]2(C)CC=C2[C@@]45CO[C@@](O)([C@@H](O)C4)C(C)(C)C5=CC[C@@]23O)O1. The van der Waals surface area contributed by atoms with Crippen LogP contribution in [0.2, 0.25) is 0 Å². The molecular weight excluding hydrogens is 937 g/mol. The molecule has 404 valence electrons. The number of hydrogen-bond donors (Lipinski definition) is 6. The Morgan fingerprint density at radius 2 is 1.49 bits per heavy atom. The molecule has 0 amide bonds. The quantitative estimate of drug-likeness (QED) is 0.0999. The van der Waals surface area contributed by atoms with E-state index in [1.807, 2.05) is 27.7 Å². The van der Waals surface area contributed by atoms with Crippen molar-refractivity contribution in [2.24, 2.45) is 79.8 Å². The van der Waals surface area contributed by atoms with Crippen molar-refractivity contribution in [3.05, 3.63) is 34.4 Å². The van der Waals surface area contributed by atoms with Crippen molar-refractivity contribution >= 4 is 10.4 Å². The lowest BCUT2D eigenvalue weighted by Crippen LogP contribution is -2.76. The van der Waals surface area contributed by atoms with Gasteiger partial charge in [0.2, 0.25) is 5.79 Å². The molecule has 4 saturated carbocycles.